The van der Waals surface area contributed by atoms with Crippen molar-refractivity contribution in [3.8, 4) is 5.75 Å². The maximum atomic E-state index is 9.71. The van der Waals surface area contributed by atoms with Crippen molar-refractivity contribution in [2.24, 2.45) is 5.73 Å². The lowest BCUT2D eigenvalue weighted by atomic mass is 10.1. The minimum absolute atomic E-state index is 0.0924. The predicted octanol–water partition coefficient (Wildman–Crippen LogP) is 1.87. The fourth-order valence-electron chi connectivity index (χ4n) is 1.53. The number of benzene rings is 1. The highest BCUT2D eigenvalue weighted by molar-refractivity contribution is 5.35. The normalized spacial score (nSPS) is 14.6. The van der Waals surface area contributed by atoms with Crippen LogP contribution >= 0.6 is 0 Å². The third kappa shape index (κ3) is 5.04. The summed E-state index contributed by atoms with van der Waals surface area (Å²) in [5.74, 6) is 0.719. The first-order valence-electron chi connectivity index (χ1n) is 6.27. The van der Waals surface area contributed by atoms with E-state index in [4.69, 9.17) is 15.2 Å². The summed E-state index contributed by atoms with van der Waals surface area (Å²) in [6.45, 7) is 6.24. The van der Waals surface area contributed by atoms with E-state index in [0.717, 1.165) is 11.3 Å². The van der Waals surface area contributed by atoms with Crippen LogP contribution in [0, 0.1) is 0 Å². The first-order chi connectivity index (χ1) is 8.50. The van der Waals surface area contributed by atoms with E-state index in [-0.39, 0.29) is 25.4 Å². The highest BCUT2D eigenvalue weighted by Gasteiger charge is 2.10. The van der Waals surface area contributed by atoms with Crippen LogP contribution in [0.25, 0.3) is 0 Å². The molecule has 1 aromatic rings. The highest BCUT2D eigenvalue weighted by Crippen LogP contribution is 2.23. The summed E-state index contributed by atoms with van der Waals surface area (Å²) < 4.78 is 10.9. The number of hydrogen-bond acceptors (Lipinski definition) is 4. The first-order valence-corrected chi connectivity index (χ1v) is 6.27. The van der Waals surface area contributed by atoms with Gasteiger partial charge in [0.1, 0.15) is 18.5 Å². The summed E-state index contributed by atoms with van der Waals surface area (Å²) in [7, 11) is 0. The predicted molar refractivity (Wildman–Crippen MR) is 71.6 cm³/mol. The average Bonchev–Trinajstić information content (AvgIpc) is 2.34. The maximum absolute atomic E-state index is 9.71. The summed E-state index contributed by atoms with van der Waals surface area (Å²) in [6.07, 6.45) is -0.524. The van der Waals surface area contributed by atoms with Gasteiger partial charge in [0.15, 0.2) is 0 Å². The Labute approximate surface area is 109 Å². The van der Waals surface area contributed by atoms with Crippen LogP contribution in [0.15, 0.2) is 24.3 Å². The number of aliphatic hydroxyl groups is 1. The van der Waals surface area contributed by atoms with Crippen molar-refractivity contribution in [3.05, 3.63) is 29.8 Å². The standard InChI is InChI=1S/C14H23NO3/c1-10(2)17-8-12(16)9-18-14-7-5-4-6-13(14)11(3)15/h4-7,10-12,16H,8-9,15H2,1-3H3. The third-order valence-electron chi connectivity index (χ3n) is 2.46. The fraction of sp³-hybridized carbons (Fsp3) is 0.571. The minimum atomic E-state index is -0.631. The molecule has 0 spiro atoms. The monoisotopic (exact) mass is 253 g/mol. The molecular formula is C14H23NO3. The van der Waals surface area contributed by atoms with E-state index >= 15 is 0 Å². The maximum Gasteiger partial charge on any atom is 0.124 e. The van der Waals surface area contributed by atoms with Gasteiger partial charge in [-0.1, -0.05) is 18.2 Å². The second kappa shape index (κ2) is 7.36. The molecule has 1 aromatic carbocycles. The molecule has 4 heteroatoms. The van der Waals surface area contributed by atoms with Crippen LogP contribution in [0.4, 0.5) is 0 Å². The Morgan fingerprint density at radius 2 is 1.83 bits per heavy atom. The summed E-state index contributed by atoms with van der Waals surface area (Å²) in [6, 6.07) is 7.50. The Balaban J connectivity index is 2.48. The molecule has 2 unspecified atom stereocenters. The molecule has 2 atom stereocenters. The van der Waals surface area contributed by atoms with Crippen LogP contribution in [0.1, 0.15) is 32.4 Å². The molecule has 0 saturated carbocycles. The Bertz CT molecular complexity index is 353. The molecule has 0 aliphatic heterocycles. The van der Waals surface area contributed by atoms with Gasteiger partial charge in [-0.2, -0.15) is 0 Å². The van der Waals surface area contributed by atoms with Gasteiger partial charge in [-0.3, -0.25) is 0 Å². The average molecular weight is 253 g/mol. The smallest absolute Gasteiger partial charge is 0.124 e. The molecule has 0 aliphatic rings. The van der Waals surface area contributed by atoms with E-state index in [1.807, 2.05) is 45.0 Å². The van der Waals surface area contributed by atoms with Gasteiger partial charge in [0, 0.05) is 11.6 Å². The van der Waals surface area contributed by atoms with Crippen LogP contribution < -0.4 is 10.5 Å². The molecular weight excluding hydrogens is 230 g/mol. The lowest BCUT2D eigenvalue weighted by molar-refractivity contribution is -0.0124. The molecule has 0 aromatic heterocycles. The number of rotatable bonds is 7. The zero-order valence-electron chi connectivity index (χ0n) is 11.3. The van der Waals surface area contributed by atoms with Crippen LogP contribution in [0.5, 0.6) is 5.75 Å². The molecule has 0 saturated heterocycles. The van der Waals surface area contributed by atoms with E-state index in [9.17, 15) is 5.11 Å². The zero-order valence-corrected chi connectivity index (χ0v) is 11.3. The Morgan fingerprint density at radius 3 is 2.44 bits per heavy atom. The molecule has 18 heavy (non-hydrogen) atoms. The zero-order chi connectivity index (χ0) is 13.5. The topological polar surface area (TPSA) is 64.7 Å². The van der Waals surface area contributed by atoms with Crippen molar-refractivity contribution in [2.45, 2.75) is 39.0 Å². The van der Waals surface area contributed by atoms with Crippen LogP contribution in [-0.4, -0.2) is 30.5 Å². The SMILES string of the molecule is CC(C)OCC(O)COc1ccccc1C(C)N. The summed E-state index contributed by atoms with van der Waals surface area (Å²) in [5.41, 5.74) is 6.79. The lowest BCUT2D eigenvalue weighted by Gasteiger charge is -2.17. The van der Waals surface area contributed by atoms with Crippen molar-refractivity contribution in [1.82, 2.24) is 0 Å². The molecule has 0 radical (unpaired) electrons. The molecule has 3 N–H and O–H groups in total. The van der Waals surface area contributed by atoms with Crippen molar-refractivity contribution < 1.29 is 14.6 Å². The van der Waals surface area contributed by atoms with Crippen LogP contribution in [0.2, 0.25) is 0 Å². The quantitative estimate of drug-likeness (QED) is 0.778. The Hall–Kier alpha value is -1.10. The Kier molecular flexibility index (Phi) is 6.12. The van der Waals surface area contributed by atoms with Crippen molar-refractivity contribution in [3.63, 3.8) is 0 Å². The summed E-state index contributed by atoms with van der Waals surface area (Å²) in [4.78, 5) is 0. The molecule has 1 rings (SSSR count). The number of para-hydroxylation sites is 1. The lowest BCUT2D eigenvalue weighted by Crippen LogP contribution is -2.25. The van der Waals surface area contributed by atoms with Gasteiger partial charge in [-0.05, 0) is 26.8 Å². The highest BCUT2D eigenvalue weighted by atomic mass is 16.5. The minimum Gasteiger partial charge on any atom is -0.490 e. The fourth-order valence-corrected chi connectivity index (χ4v) is 1.53. The molecule has 0 aliphatic carbocycles. The van der Waals surface area contributed by atoms with Gasteiger partial charge < -0.3 is 20.3 Å². The van der Waals surface area contributed by atoms with Crippen LogP contribution in [-0.2, 0) is 4.74 Å². The summed E-state index contributed by atoms with van der Waals surface area (Å²) in [5, 5.41) is 9.71. The van der Waals surface area contributed by atoms with E-state index in [1.54, 1.807) is 0 Å². The van der Waals surface area contributed by atoms with Crippen molar-refractivity contribution in [1.29, 1.82) is 0 Å². The van der Waals surface area contributed by atoms with Gasteiger partial charge >= 0.3 is 0 Å². The van der Waals surface area contributed by atoms with Gasteiger partial charge in [0.2, 0.25) is 0 Å². The molecule has 0 amide bonds. The van der Waals surface area contributed by atoms with Gasteiger partial charge in [0.05, 0.1) is 12.7 Å². The number of ether oxygens (including phenoxy) is 2. The van der Waals surface area contributed by atoms with Gasteiger partial charge in [0.25, 0.3) is 0 Å². The van der Waals surface area contributed by atoms with E-state index in [2.05, 4.69) is 0 Å². The van der Waals surface area contributed by atoms with Crippen molar-refractivity contribution in [2.75, 3.05) is 13.2 Å². The van der Waals surface area contributed by atoms with Crippen LogP contribution in [0.3, 0.4) is 0 Å². The molecule has 0 heterocycles. The number of aliphatic hydroxyl groups excluding tert-OH is 1. The van der Waals surface area contributed by atoms with E-state index in [0.29, 0.717) is 0 Å². The second-order valence-corrected chi connectivity index (χ2v) is 4.67. The van der Waals surface area contributed by atoms with Gasteiger partial charge in [-0.25, -0.2) is 0 Å². The van der Waals surface area contributed by atoms with Crippen molar-refractivity contribution >= 4 is 0 Å². The molecule has 0 bridgehead atoms. The Morgan fingerprint density at radius 1 is 1.17 bits per heavy atom. The molecule has 102 valence electrons. The number of nitrogens with two attached hydrogens (primary N) is 1. The second-order valence-electron chi connectivity index (χ2n) is 4.67. The number of hydrogen-bond donors (Lipinski definition) is 2. The first kappa shape index (κ1) is 15.0. The molecule has 0 fully saturated rings. The van der Waals surface area contributed by atoms with E-state index < -0.39 is 6.10 Å². The summed E-state index contributed by atoms with van der Waals surface area (Å²) >= 11 is 0. The van der Waals surface area contributed by atoms with E-state index in [1.165, 1.54) is 0 Å². The third-order valence-corrected chi connectivity index (χ3v) is 2.46. The van der Waals surface area contributed by atoms with Gasteiger partial charge in [-0.15, -0.1) is 0 Å². The largest absolute Gasteiger partial charge is 0.490 e. The molecule has 4 nitrogen and oxygen atoms in total.